The van der Waals surface area contributed by atoms with Crippen LogP contribution in [0, 0.1) is 13.8 Å². The first kappa shape index (κ1) is 16.6. The van der Waals surface area contributed by atoms with Crippen LogP contribution >= 0.6 is 0 Å². The summed E-state index contributed by atoms with van der Waals surface area (Å²) in [6, 6.07) is 9.48. The molecule has 2 aliphatic carbocycles. The SMILES string of the molecule is Cc1cc2c(S(=O)(=O)O)c-2c1.Cc1ccc(S(=O)(=O)O)cc1. The summed E-state index contributed by atoms with van der Waals surface area (Å²) >= 11 is 0. The molecule has 118 valence electrons. The summed E-state index contributed by atoms with van der Waals surface area (Å²) in [4.78, 5) is 0.0335. The maximum atomic E-state index is 10.5. The van der Waals surface area contributed by atoms with Crippen LogP contribution in [0.25, 0.3) is 11.1 Å². The molecule has 0 saturated carbocycles. The topological polar surface area (TPSA) is 109 Å². The molecule has 0 saturated heterocycles. The highest BCUT2D eigenvalue weighted by molar-refractivity contribution is 7.86. The summed E-state index contributed by atoms with van der Waals surface area (Å²) in [6.07, 6.45) is 0. The number of hydrogen-bond donors (Lipinski definition) is 2. The second kappa shape index (κ2) is 5.47. The highest BCUT2D eigenvalue weighted by Crippen LogP contribution is 2.47. The first-order valence-electron chi connectivity index (χ1n) is 6.17. The van der Waals surface area contributed by atoms with Crippen molar-refractivity contribution in [1.29, 1.82) is 0 Å². The van der Waals surface area contributed by atoms with Crippen molar-refractivity contribution in [3.05, 3.63) is 47.5 Å². The van der Waals surface area contributed by atoms with Crippen molar-refractivity contribution >= 4 is 20.2 Å². The maximum Gasteiger partial charge on any atom is 0.295 e. The fourth-order valence-electron chi connectivity index (χ4n) is 1.97. The molecule has 0 radical (unpaired) electrons. The van der Waals surface area contributed by atoms with Gasteiger partial charge in [0.25, 0.3) is 20.2 Å². The van der Waals surface area contributed by atoms with Crippen LogP contribution in [0.15, 0.2) is 46.2 Å². The van der Waals surface area contributed by atoms with Gasteiger partial charge in [-0.15, -0.1) is 0 Å². The molecule has 0 heterocycles. The standard InChI is InChI=1S/C7H6O3S.C7H8O3S/c1-4-2-5-6(3-4)7(5)11(8,9)10;1-6-2-4-7(5-3-6)11(8,9)10/h2-3H,1H3,(H,8,9,10);2-5H,1H3,(H,8,9,10). The van der Waals surface area contributed by atoms with Gasteiger partial charge in [-0.2, -0.15) is 16.8 Å². The predicted octanol–water partition coefficient (Wildman–Crippen LogP) is 2.46. The number of fused-ring (bicyclic) bond motifs is 1. The number of hydrogen-bond acceptors (Lipinski definition) is 4. The van der Waals surface area contributed by atoms with E-state index in [1.807, 2.05) is 13.8 Å². The van der Waals surface area contributed by atoms with Crippen molar-refractivity contribution in [2.24, 2.45) is 0 Å². The van der Waals surface area contributed by atoms with Crippen LogP contribution in [0.5, 0.6) is 0 Å². The van der Waals surface area contributed by atoms with E-state index in [-0.39, 0.29) is 9.79 Å². The minimum Gasteiger partial charge on any atom is -0.282 e. The van der Waals surface area contributed by atoms with Crippen molar-refractivity contribution in [2.75, 3.05) is 0 Å². The molecule has 6 nitrogen and oxygen atoms in total. The molecule has 8 heteroatoms. The van der Waals surface area contributed by atoms with E-state index in [1.165, 1.54) is 12.1 Å². The van der Waals surface area contributed by atoms with Gasteiger partial charge in [0.2, 0.25) is 0 Å². The molecule has 0 amide bonds. The first-order chi connectivity index (χ1) is 10.00. The molecule has 1 aromatic rings. The Morgan fingerprint density at radius 3 is 1.55 bits per heavy atom. The predicted molar refractivity (Wildman–Crippen MR) is 81.0 cm³/mol. The van der Waals surface area contributed by atoms with Gasteiger partial charge in [0.15, 0.2) is 0 Å². The van der Waals surface area contributed by atoms with E-state index in [0.29, 0.717) is 11.1 Å². The smallest absolute Gasteiger partial charge is 0.282 e. The van der Waals surface area contributed by atoms with Gasteiger partial charge in [-0.25, -0.2) is 0 Å². The Morgan fingerprint density at radius 1 is 0.727 bits per heavy atom. The second-order valence-corrected chi connectivity index (χ2v) is 7.73. The third-order valence-corrected chi connectivity index (χ3v) is 4.86. The zero-order valence-electron chi connectivity index (χ0n) is 11.8. The van der Waals surface area contributed by atoms with Gasteiger partial charge in [-0.3, -0.25) is 9.11 Å². The lowest BCUT2D eigenvalue weighted by Crippen LogP contribution is -1.96. The summed E-state index contributed by atoms with van der Waals surface area (Å²) in [6.45, 7) is 3.72. The lowest BCUT2D eigenvalue weighted by atomic mass is 10.2. The summed E-state index contributed by atoms with van der Waals surface area (Å²) < 4.78 is 59.2. The summed E-state index contributed by atoms with van der Waals surface area (Å²) in [5.41, 5.74) is 3.33. The molecule has 0 bridgehead atoms. The molecule has 0 aliphatic heterocycles. The number of aryl methyl sites for hydroxylation is 2. The molecule has 22 heavy (non-hydrogen) atoms. The highest BCUT2D eigenvalue weighted by Gasteiger charge is 2.34. The number of benzene rings is 2. The minimum absolute atomic E-state index is 0.0666. The Kier molecular flexibility index (Phi) is 4.14. The lowest BCUT2D eigenvalue weighted by Gasteiger charge is -1.95. The average molecular weight is 342 g/mol. The third-order valence-electron chi connectivity index (χ3n) is 3.04. The molecule has 2 N–H and O–H groups in total. The first-order valence-corrected chi connectivity index (χ1v) is 9.05. The largest absolute Gasteiger partial charge is 0.295 e. The molecule has 0 atom stereocenters. The van der Waals surface area contributed by atoms with E-state index in [1.54, 1.807) is 24.3 Å². The van der Waals surface area contributed by atoms with Crippen LogP contribution in [0.4, 0.5) is 0 Å². The van der Waals surface area contributed by atoms with Gasteiger partial charge in [-0.1, -0.05) is 17.7 Å². The molecule has 3 rings (SSSR count). The van der Waals surface area contributed by atoms with Crippen LogP contribution in [0.2, 0.25) is 0 Å². The van der Waals surface area contributed by atoms with Crippen LogP contribution in [-0.2, 0) is 20.2 Å². The van der Waals surface area contributed by atoms with E-state index >= 15 is 0 Å². The summed E-state index contributed by atoms with van der Waals surface area (Å²) in [5, 5.41) is 0. The van der Waals surface area contributed by atoms with Crippen molar-refractivity contribution in [2.45, 2.75) is 23.6 Å². The summed E-state index contributed by atoms with van der Waals surface area (Å²) in [7, 11) is -7.97. The van der Waals surface area contributed by atoms with Gasteiger partial charge in [0.05, 0.1) is 4.90 Å². The van der Waals surface area contributed by atoms with Gasteiger partial charge < -0.3 is 0 Å². The molecule has 0 aromatic heterocycles. The zero-order valence-corrected chi connectivity index (χ0v) is 13.4. The average Bonchev–Trinajstić information content (AvgIpc) is 2.89. The Bertz CT molecular complexity index is 873. The quantitative estimate of drug-likeness (QED) is 0.693. The van der Waals surface area contributed by atoms with Gasteiger partial charge in [0.1, 0.15) is 4.90 Å². The van der Waals surface area contributed by atoms with Crippen LogP contribution < -0.4 is 0 Å². The molecular formula is C14H14O6S2. The Hall–Kier alpha value is -1.74. The van der Waals surface area contributed by atoms with E-state index in [0.717, 1.165) is 11.1 Å². The molecule has 1 aromatic carbocycles. The van der Waals surface area contributed by atoms with Gasteiger partial charge in [-0.05, 0) is 43.7 Å². The zero-order chi connectivity index (χ0) is 16.7. The van der Waals surface area contributed by atoms with E-state index in [2.05, 4.69) is 0 Å². The van der Waals surface area contributed by atoms with Crippen LogP contribution in [0.3, 0.4) is 0 Å². The van der Waals surface area contributed by atoms with Crippen molar-refractivity contribution in [3.63, 3.8) is 0 Å². The maximum absolute atomic E-state index is 10.5. The molecule has 2 aliphatic rings. The molecular weight excluding hydrogens is 328 g/mol. The molecule has 0 unspecified atom stereocenters. The minimum atomic E-state index is -4.02. The number of rotatable bonds is 2. The normalized spacial score (nSPS) is 12.4. The monoisotopic (exact) mass is 342 g/mol. The van der Waals surface area contributed by atoms with E-state index in [4.69, 9.17) is 9.11 Å². The summed E-state index contributed by atoms with van der Waals surface area (Å²) in [5.74, 6) is 0. The van der Waals surface area contributed by atoms with Gasteiger partial charge in [0, 0.05) is 11.1 Å². The highest BCUT2D eigenvalue weighted by atomic mass is 32.2. The van der Waals surface area contributed by atoms with Crippen molar-refractivity contribution in [3.8, 4) is 11.1 Å². The van der Waals surface area contributed by atoms with Crippen molar-refractivity contribution < 1.29 is 25.9 Å². The van der Waals surface area contributed by atoms with Crippen LogP contribution in [0.1, 0.15) is 11.1 Å². The second-order valence-electron chi connectivity index (χ2n) is 4.95. The Morgan fingerprint density at radius 2 is 1.18 bits per heavy atom. The third kappa shape index (κ3) is 3.72. The van der Waals surface area contributed by atoms with E-state index in [9.17, 15) is 16.8 Å². The van der Waals surface area contributed by atoms with Crippen LogP contribution in [-0.4, -0.2) is 25.9 Å². The Balaban J connectivity index is 0.000000160. The molecule has 0 fully saturated rings. The van der Waals surface area contributed by atoms with Gasteiger partial charge >= 0.3 is 0 Å². The van der Waals surface area contributed by atoms with Crippen molar-refractivity contribution in [1.82, 2.24) is 0 Å². The fraction of sp³-hybridized carbons (Fsp3) is 0.143. The lowest BCUT2D eigenvalue weighted by molar-refractivity contribution is 0.482. The molecule has 0 spiro atoms. The Labute approximate surface area is 128 Å². The fourth-order valence-corrected chi connectivity index (χ4v) is 3.29. The van der Waals surface area contributed by atoms with E-state index < -0.39 is 20.2 Å².